The Balaban J connectivity index is 2.01. The van der Waals surface area contributed by atoms with E-state index in [1.54, 1.807) is 11.3 Å². The first-order chi connectivity index (χ1) is 8.67. The van der Waals surface area contributed by atoms with Gasteiger partial charge in [0.1, 0.15) is 0 Å². The topological polar surface area (TPSA) is 26.0 Å². The lowest BCUT2D eigenvalue weighted by Gasteiger charge is -2.14. The van der Waals surface area contributed by atoms with Gasteiger partial charge in [-0.15, -0.1) is 11.3 Å². The van der Waals surface area contributed by atoms with Crippen LogP contribution in [0.25, 0.3) is 0 Å². The maximum Gasteiger partial charge on any atom is 0.0931 e. The van der Waals surface area contributed by atoms with Gasteiger partial charge in [-0.25, -0.2) is 0 Å². The SMILES string of the molecule is NCC(Cc1cccc(Br)c1)Cc1ccc(Cl)s1. The monoisotopic (exact) mass is 343 g/mol. The Morgan fingerprint density at radius 1 is 1.22 bits per heavy atom. The van der Waals surface area contributed by atoms with Gasteiger partial charge in [0, 0.05) is 9.35 Å². The summed E-state index contributed by atoms with van der Waals surface area (Å²) >= 11 is 11.1. The summed E-state index contributed by atoms with van der Waals surface area (Å²) in [7, 11) is 0. The minimum atomic E-state index is 0.467. The fourth-order valence-corrected chi connectivity index (χ4v) is 3.63. The first-order valence-corrected chi connectivity index (χ1v) is 7.85. The summed E-state index contributed by atoms with van der Waals surface area (Å²) in [6, 6.07) is 12.5. The number of hydrogen-bond donors (Lipinski definition) is 1. The lowest BCUT2D eigenvalue weighted by Crippen LogP contribution is -2.18. The summed E-state index contributed by atoms with van der Waals surface area (Å²) in [6.45, 7) is 0.696. The molecule has 0 amide bonds. The number of halogens is 2. The Morgan fingerprint density at radius 3 is 2.67 bits per heavy atom. The summed E-state index contributed by atoms with van der Waals surface area (Å²) < 4.78 is 1.97. The Bertz CT molecular complexity index is 512. The molecule has 2 rings (SSSR count). The molecule has 0 saturated carbocycles. The molecule has 2 N–H and O–H groups in total. The minimum Gasteiger partial charge on any atom is -0.330 e. The van der Waals surface area contributed by atoms with E-state index in [0.717, 1.165) is 21.7 Å². The third-order valence-electron chi connectivity index (χ3n) is 2.87. The minimum absolute atomic E-state index is 0.467. The second-order valence-electron chi connectivity index (χ2n) is 4.35. The summed E-state index contributed by atoms with van der Waals surface area (Å²) in [5.41, 5.74) is 7.19. The summed E-state index contributed by atoms with van der Waals surface area (Å²) in [4.78, 5) is 1.31. The standard InChI is InChI=1S/C14H15BrClNS/c15-12-3-1-2-10(7-12)6-11(9-17)8-13-4-5-14(16)18-13/h1-5,7,11H,6,8-9,17H2. The second kappa shape index (κ2) is 6.71. The van der Waals surface area contributed by atoms with E-state index in [0.29, 0.717) is 12.5 Å². The van der Waals surface area contributed by atoms with Crippen molar-refractivity contribution in [2.45, 2.75) is 12.8 Å². The highest BCUT2D eigenvalue weighted by molar-refractivity contribution is 9.10. The lowest BCUT2D eigenvalue weighted by atomic mass is 9.96. The van der Waals surface area contributed by atoms with Crippen LogP contribution in [0.5, 0.6) is 0 Å². The maximum absolute atomic E-state index is 5.95. The molecule has 0 saturated heterocycles. The van der Waals surface area contributed by atoms with Crippen LogP contribution in [0.1, 0.15) is 10.4 Å². The molecule has 0 aliphatic heterocycles. The number of thiophene rings is 1. The van der Waals surface area contributed by atoms with E-state index in [9.17, 15) is 0 Å². The van der Waals surface area contributed by atoms with E-state index in [-0.39, 0.29) is 0 Å². The zero-order valence-electron chi connectivity index (χ0n) is 9.90. The summed E-state index contributed by atoms with van der Waals surface area (Å²) in [5, 5.41) is 0. The second-order valence-corrected chi connectivity index (χ2v) is 7.06. The first-order valence-electron chi connectivity index (χ1n) is 5.86. The van der Waals surface area contributed by atoms with Crippen molar-refractivity contribution >= 4 is 38.9 Å². The lowest BCUT2D eigenvalue weighted by molar-refractivity contribution is 0.537. The molecule has 1 heterocycles. The molecule has 1 aromatic heterocycles. The van der Waals surface area contributed by atoms with Crippen LogP contribution in [-0.4, -0.2) is 6.54 Å². The van der Waals surface area contributed by atoms with Gasteiger partial charge in [0.15, 0.2) is 0 Å². The van der Waals surface area contributed by atoms with Crippen LogP contribution in [0.4, 0.5) is 0 Å². The first kappa shape index (κ1) is 14.1. The Labute approximate surface area is 125 Å². The highest BCUT2D eigenvalue weighted by atomic mass is 79.9. The molecule has 1 aromatic carbocycles. The van der Waals surface area contributed by atoms with Gasteiger partial charge in [-0.3, -0.25) is 0 Å². The van der Waals surface area contributed by atoms with Crippen LogP contribution < -0.4 is 5.73 Å². The predicted molar refractivity (Wildman–Crippen MR) is 83.4 cm³/mol. The van der Waals surface area contributed by atoms with Crippen molar-refractivity contribution in [2.75, 3.05) is 6.54 Å². The van der Waals surface area contributed by atoms with Crippen molar-refractivity contribution in [3.05, 3.63) is 55.6 Å². The smallest absolute Gasteiger partial charge is 0.0931 e. The van der Waals surface area contributed by atoms with Crippen molar-refractivity contribution in [3.63, 3.8) is 0 Å². The molecule has 96 valence electrons. The van der Waals surface area contributed by atoms with Gasteiger partial charge in [-0.1, -0.05) is 39.7 Å². The molecular formula is C14H15BrClNS. The Hall–Kier alpha value is -0.350. The van der Waals surface area contributed by atoms with Crippen molar-refractivity contribution in [3.8, 4) is 0 Å². The van der Waals surface area contributed by atoms with E-state index in [1.807, 2.05) is 12.1 Å². The van der Waals surface area contributed by atoms with Gasteiger partial charge in [-0.05, 0) is 55.1 Å². The van der Waals surface area contributed by atoms with Crippen LogP contribution >= 0.6 is 38.9 Å². The highest BCUT2D eigenvalue weighted by Crippen LogP contribution is 2.25. The fourth-order valence-electron chi connectivity index (χ4n) is 1.98. The van der Waals surface area contributed by atoms with Crippen LogP contribution in [0.2, 0.25) is 4.34 Å². The quantitative estimate of drug-likeness (QED) is 0.847. The van der Waals surface area contributed by atoms with Gasteiger partial charge in [-0.2, -0.15) is 0 Å². The molecule has 1 unspecified atom stereocenters. The van der Waals surface area contributed by atoms with Gasteiger partial charge in [0.2, 0.25) is 0 Å². The number of nitrogens with two attached hydrogens (primary N) is 1. The zero-order chi connectivity index (χ0) is 13.0. The van der Waals surface area contributed by atoms with E-state index in [2.05, 4.69) is 40.2 Å². The van der Waals surface area contributed by atoms with E-state index in [1.165, 1.54) is 10.4 Å². The molecule has 2 aromatic rings. The van der Waals surface area contributed by atoms with Crippen LogP contribution in [0.15, 0.2) is 40.9 Å². The molecule has 1 nitrogen and oxygen atoms in total. The molecule has 18 heavy (non-hydrogen) atoms. The third kappa shape index (κ3) is 4.09. The van der Waals surface area contributed by atoms with Crippen molar-refractivity contribution in [2.24, 2.45) is 11.7 Å². The van der Waals surface area contributed by atoms with E-state index < -0.39 is 0 Å². The number of rotatable bonds is 5. The Kier molecular flexibility index (Phi) is 5.25. The molecule has 0 spiro atoms. The van der Waals surface area contributed by atoms with Crippen molar-refractivity contribution in [1.82, 2.24) is 0 Å². The number of hydrogen-bond acceptors (Lipinski definition) is 2. The molecule has 0 fully saturated rings. The highest BCUT2D eigenvalue weighted by Gasteiger charge is 2.10. The number of benzene rings is 1. The third-order valence-corrected chi connectivity index (χ3v) is 4.61. The summed E-state index contributed by atoms with van der Waals surface area (Å²) in [5.74, 6) is 0.467. The zero-order valence-corrected chi connectivity index (χ0v) is 13.1. The fraction of sp³-hybridized carbons (Fsp3) is 0.286. The average molecular weight is 345 g/mol. The van der Waals surface area contributed by atoms with E-state index >= 15 is 0 Å². The molecule has 1 atom stereocenters. The molecule has 0 radical (unpaired) electrons. The molecule has 4 heteroatoms. The Morgan fingerprint density at radius 2 is 2.06 bits per heavy atom. The predicted octanol–water partition coefficient (Wildman–Crippen LogP) is 4.52. The maximum atomic E-state index is 5.95. The van der Waals surface area contributed by atoms with Crippen LogP contribution in [0.3, 0.4) is 0 Å². The molecule has 0 aliphatic carbocycles. The van der Waals surface area contributed by atoms with E-state index in [4.69, 9.17) is 17.3 Å². The molecular weight excluding hydrogens is 330 g/mol. The summed E-state index contributed by atoms with van der Waals surface area (Å²) in [6.07, 6.45) is 2.01. The largest absolute Gasteiger partial charge is 0.330 e. The van der Waals surface area contributed by atoms with Gasteiger partial charge < -0.3 is 5.73 Å². The molecule has 0 bridgehead atoms. The van der Waals surface area contributed by atoms with Gasteiger partial charge >= 0.3 is 0 Å². The average Bonchev–Trinajstić information content (AvgIpc) is 2.74. The van der Waals surface area contributed by atoms with Crippen molar-refractivity contribution < 1.29 is 0 Å². The van der Waals surface area contributed by atoms with Gasteiger partial charge in [0.25, 0.3) is 0 Å². The normalized spacial score (nSPS) is 12.6. The van der Waals surface area contributed by atoms with Crippen LogP contribution in [-0.2, 0) is 12.8 Å². The van der Waals surface area contributed by atoms with Crippen molar-refractivity contribution in [1.29, 1.82) is 0 Å². The van der Waals surface area contributed by atoms with Crippen LogP contribution in [0, 0.1) is 5.92 Å². The van der Waals surface area contributed by atoms with Gasteiger partial charge in [0.05, 0.1) is 4.34 Å². The molecule has 0 aliphatic rings.